The van der Waals surface area contributed by atoms with E-state index in [0.29, 0.717) is 0 Å². The molecule has 0 unspecified atom stereocenters. The van der Waals surface area contributed by atoms with Crippen LogP contribution in [0.3, 0.4) is 0 Å². The van der Waals surface area contributed by atoms with Gasteiger partial charge >= 0.3 is 0 Å². The maximum Gasteiger partial charge on any atom is 0.0945 e. The number of aromatic nitrogens is 2. The highest BCUT2D eigenvalue weighted by Crippen LogP contribution is 2.15. The van der Waals surface area contributed by atoms with Gasteiger partial charge in [-0.15, -0.1) is 0 Å². The summed E-state index contributed by atoms with van der Waals surface area (Å²) in [5.41, 5.74) is 5.57. The van der Waals surface area contributed by atoms with Gasteiger partial charge in [0.15, 0.2) is 0 Å². The van der Waals surface area contributed by atoms with Gasteiger partial charge < -0.3 is 9.88 Å². The molecule has 1 aromatic heterocycles. The Bertz CT molecular complexity index is 529. The standard InChI is InChI=1S/C17H25N3/c1-14-10-16(3)17(11-15(14)2)12-18-6-4-5-8-20-9-7-19-13-20/h7,9-11,13,18H,4-6,8,12H2,1-3H3. The van der Waals surface area contributed by atoms with Crippen LogP contribution < -0.4 is 5.32 Å². The Morgan fingerprint density at radius 1 is 1.05 bits per heavy atom. The van der Waals surface area contributed by atoms with Gasteiger partial charge in [0.2, 0.25) is 0 Å². The number of hydrogen-bond donors (Lipinski definition) is 1. The lowest BCUT2D eigenvalue weighted by Crippen LogP contribution is -2.16. The molecule has 0 bridgehead atoms. The van der Waals surface area contributed by atoms with E-state index >= 15 is 0 Å². The zero-order valence-electron chi connectivity index (χ0n) is 12.8. The number of nitrogens with zero attached hydrogens (tertiary/aromatic N) is 2. The molecule has 0 spiro atoms. The Morgan fingerprint density at radius 3 is 2.60 bits per heavy atom. The summed E-state index contributed by atoms with van der Waals surface area (Å²) in [6.07, 6.45) is 8.12. The largest absolute Gasteiger partial charge is 0.337 e. The Kier molecular flexibility index (Phi) is 5.36. The lowest BCUT2D eigenvalue weighted by atomic mass is 10.0. The van der Waals surface area contributed by atoms with Crippen LogP contribution in [0.2, 0.25) is 0 Å². The Morgan fingerprint density at radius 2 is 1.85 bits per heavy atom. The predicted octanol–water partition coefficient (Wildman–Crippen LogP) is 3.38. The molecule has 0 saturated heterocycles. The molecule has 20 heavy (non-hydrogen) atoms. The molecule has 0 radical (unpaired) electrons. The first-order chi connectivity index (χ1) is 9.66. The maximum atomic E-state index is 4.05. The summed E-state index contributed by atoms with van der Waals surface area (Å²) in [6, 6.07) is 4.59. The van der Waals surface area contributed by atoms with Crippen molar-refractivity contribution in [3.05, 3.63) is 53.1 Å². The van der Waals surface area contributed by atoms with E-state index in [0.717, 1.165) is 19.6 Å². The van der Waals surface area contributed by atoms with Gasteiger partial charge in [0.05, 0.1) is 6.33 Å². The van der Waals surface area contributed by atoms with Crippen molar-refractivity contribution in [3.8, 4) is 0 Å². The fourth-order valence-corrected chi connectivity index (χ4v) is 2.40. The van der Waals surface area contributed by atoms with Gasteiger partial charge in [-0.3, -0.25) is 0 Å². The molecular weight excluding hydrogens is 246 g/mol. The quantitative estimate of drug-likeness (QED) is 0.782. The van der Waals surface area contributed by atoms with Crippen LogP contribution in [-0.2, 0) is 13.1 Å². The zero-order chi connectivity index (χ0) is 14.4. The van der Waals surface area contributed by atoms with Gasteiger partial charge in [0.1, 0.15) is 0 Å². The second-order valence-electron chi connectivity index (χ2n) is 5.55. The van der Waals surface area contributed by atoms with E-state index in [2.05, 4.69) is 47.8 Å². The highest BCUT2D eigenvalue weighted by Gasteiger charge is 2.01. The minimum atomic E-state index is 0.970. The Labute approximate surface area is 122 Å². The lowest BCUT2D eigenvalue weighted by molar-refractivity contribution is 0.567. The summed E-state index contributed by atoms with van der Waals surface area (Å²) >= 11 is 0. The van der Waals surface area contributed by atoms with Crippen LogP contribution in [0.5, 0.6) is 0 Å². The third-order valence-corrected chi connectivity index (χ3v) is 3.85. The second-order valence-corrected chi connectivity index (χ2v) is 5.55. The summed E-state index contributed by atoms with van der Waals surface area (Å²) in [6.45, 7) is 9.66. The van der Waals surface area contributed by atoms with E-state index in [4.69, 9.17) is 0 Å². The van der Waals surface area contributed by atoms with Crippen LogP contribution in [-0.4, -0.2) is 16.1 Å². The van der Waals surface area contributed by atoms with Crippen LogP contribution in [0.4, 0.5) is 0 Å². The molecule has 0 fully saturated rings. The monoisotopic (exact) mass is 271 g/mol. The fourth-order valence-electron chi connectivity index (χ4n) is 2.40. The molecule has 2 rings (SSSR count). The van der Waals surface area contributed by atoms with E-state index in [-0.39, 0.29) is 0 Å². The molecule has 0 atom stereocenters. The number of unbranched alkanes of at least 4 members (excludes halogenated alkanes) is 1. The molecule has 1 N–H and O–H groups in total. The minimum absolute atomic E-state index is 0.970. The lowest BCUT2D eigenvalue weighted by Gasteiger charge is -2.11. The van der Waals surface area contributed by atoms with Crippen LogP contribution >= 0.6 is 0 Å². The molecule has 0 amide bonds. The normalized spacial score (nSPS) is 10.9. The van der Waals surface area contributed by atoms with Crippen LogP contribution in [0.25, 0.3) is 0 Å². The minimum Gasteiger partial charge on any atom is -0.337 e. The van der Waals surface area contributed by atoms with Gasteiger partial charge in [-0.05, 0) is 62.4 Å². The Balaban J connectivity index is 1.67. The molecule has 1 aromatic carbocycles. The third kappa shape index (κ3) is 4.20. The first kappa shape index (κ1) is 14.8. The van der Waals surface area contributed by atoms with E-state index < -0.39 is 0 Å². The third-order valence-electron chi connectivity index (χ3n) is 3.85. The van der Waals surface area contributed by atoms with Gasteiger partial charge in [0, 0.05) is 25.5 Å². The van der Waals surface area contributed by atoms with Crippen molar-refractivity contribution in [3.63, 3.8) is 0 Å². The van der Waals surface area contributed by atoms with Crippen molar-refractivity contribution >= 4 is 0 Å². The molecule has 0 aliphatic heterocycles. The summed E-state index contributed by atoms with van der Waals surface area (Å²) in [4.78, 5) is 4.05. The zero-order valence-corrected chi connectivity index (χ0v) is 12.8. The van der Waals surface area contributed by atoms with Gasteiger partial charge in [-0.1, -0.05) is 12.1 Å². The van der Waals surface area contributed by atoms with Crippen molar-refractivity contribution in [1.82, 2.24) is 14.9 Å². The molecule has 1 heterocycles. The smallest absolute Gasteiger partial charge is 0.0945 e. The SMILES string of the molecule is Cc1cc(C)c(CNCCCCn2ccnc2)cc1C. The summed E-state index contributed by atoms with van der Waals surface area (Å²) in [5.74, 6) is 0. The fraction of sp³-hybridized carbons (Fsp3) is 0.471. The maximum absolute atomic E-state index is 4.05. The number of aryl methyl sites for hydroxylation is 4. The van der Waals surface area contributed by atoms with Crippen LogP contribution in [0.15, 0.2) is 30.9 Å². The summed E-state index contributed by atoms with van der Waals surface area (Å²) < 4.78 is 2.13. The van der Waals surface area contributed by atoms with Crippen molar-refractivity contribution in [1.29, 1.82) is 0 Å². The molecule has 2 aromatic rings. The van der Waals surface area contributed by atoms with Crippen LogP contribution in [0, 0.1) is 20.8 Å². The summed E-state index contributed by atoms with van der Waals surface area (Å²) in [5, 5.41) is 3.54. The first-order valence-corrected chi connectivity index (χ1v) is 7.40. The number of imidazole rings is 1. The highest BCUT2D eigenvalue weighted by atomic mass is 15.0. The van der Waals surface area contributed by atoms with E-state index in [1.165, 1.54) is 35.1 Å². The van der Waals surface area contributed by atoms with Gasteiger partial charge in [-0.2, -0.15) is 0 Å². The van der Waals surface area contributed by atoms with E-state index in [1.807, 2.05) is 18.7 Å². The number of benzene rings is 1. The van der Waals surface area contributed by atoms with Gasteiger partial charge in [-0.25, -0.2) is 4.98 Å². The molecule has 0 saturated carbocycles. The van der Waals surface area contributed by atoms with Gasteiger partial charge in [0.25, 0.3) is 0 Å². The Hall–Kier alpha value is -1.61. The molecule has 3 nitrogen and oxygen atoms in total. The predicted molar refractivity (Wildman–Crippen MR) is 83.8 cm³/mol. The molecule has 0 aliphatic rings. The second kappa shape index (κ2) is 7.25. The first-order valence-electron chi connectivity index (χ1n) is 7.40. The number of hydrogen-bond acceptors (Lipinski definition) is 2. The van der Waals surface area contributed by atoms with Crippen molar-refractivity contribution < 1.29 is 0 Å². The number of rotatable bonds is 7. The van der Waals surface area contributed by atoms with Crippen molar-refractivity contribution in [2.75, 3.05) is 6.54 Å². The van der Waals surface area contributed by atoms with Crippen LogP contribution in [0.1, 0.15) is 35.1 Å². The average Bonchev–Trinajstić information content (AvgIpc) is 2.92. The van der Waals surface area contributed by atoms with E-state index in [1.54, 1.807) is 0 Å². The molecule has 108 valence electrons. The average molecular weight is 271 g/mol. The van der Waals surface area contributed by atoms with Crippen molar-refractivity contribution in [2.45, 2.75) is 46.7 Å². The number of nitrogens with one attached hydrogen (secondary N) is 1. The highest BCUT2D eigenvalue weighted by molar-refractivity contribution is 5.36. The summed E-state index contributed by atoms with van der Waals surface area (Å²) in [7, 11) is 0. The van der Waals surface area contributed by atoms with Crippen molar-refractivity contribution in [2.24, 2.45) is 0 Å². The molecule has 0 aliphatic carbocycles. The molecular formula is C17H25N3. The van der Waals surface area contributed by atoms with E-state index in [9.17, 15) is 0 Å². The topological polar surface area (TPSA) is 29.9 Å². The molecule has 3 heteroatoms.